The number of hydrogen-bond acceptors (Lipinski definition) is 4. The van der Waals surface area contributed by atoms with Crippen LogP contribution >= 0.6 is 0 Å². The molecule has 0 aromatic heterocycles. The number of nitrogens with zero attached hydrogens (tertiary/aromatic N) is 2. The average Bonchev–Trinajstić information content (AvgIpc) is 2.75. The highest BCUT2D eigenvalue weighted by Crippen LogP contribution is 2.39. The lowest BCUT2D eigenvalue weighted by Crippen LogP contribution is -2.38. The molecule has 5 nitrogen and oxygen atoms in total. The molecule has 1 atom stereocenters. The highest BCUT2D eigenvalue weighted by atomic mass is 16.5. The van der Waals surface area contributed by atoms with E-state index in [1.807, 2.05) is 38.1 Å². The zero-order valence-corrected chi connectivity index (χ0v) is 18.1. The van der Waals surface area contributed by atoms with Crippen LogP contribution in [0.2, 0.25) is 0 Å². The summed E-state index contributed by atoms with van der Waals surface area (Å²) in [6, 6.07) is 15.4. The number of rotatable bonds is 6. The second-order valence-electron chi connectivity index (χ2n) is 7.75. The Morgan fingerprint density at radius 3 is 2.68 bits per heavy atom. The fourth-order valence-electron chi connectivity index (χ4n) is 4.10. The topological polar surface area (TPSA) is 70.4 Å². The maximum Gasteiger partial charge on any atom is 0.336 e. The Morgan fingerprint density at radius 1 is 1.26 bits per heavy atom. The van der Waals surface area contributed by atoms with Crippen LogP contribution < -0.4 is 0 Å². The molecule has 2 aromatic carbocycles. The van der Waals surface area contributed by atoms with Crippen LogP contribution in [0.5, 0.6) is 0 Å². The summed E-state index contributed by atoms with van der Waals surface area (Å²) < 4.78 is 5.39. The molecule has 0 saturated carbocycles. The molecule has 1 aliphatic heterocycles. The molecular weight excluding hydrogens is 388 g/mol. The summed E-state index contributed by atoms with van der Waals surface area (Å²) in [5, 5.41) is 9.41. The van der Waals surface area contributed by atoms with Crippen molar-refractivity contribution in [2.45, 2.75) is 39.7 Å². The van der Waals surface area contributed by atoms with Gasteiger partial charge in [0.05, 0.1) is 23.8 Å². The van der Waals surface area contributed by atoms with Gasteiger partial charge >= 0.3 is 5.97 Å². The van der Waals surface area contributed by atoms with E-state index in [4.69, 9.17) is 4.74 Å². The van der Waals surface area contributed by atoms with Gasteiger partial charge in [0.25, 0.3) is 0 Å². The van der Waals surface area contributed by atoms with Crippen LogP contribution in [0, 0.1) is 25.2 Å². The van der Waals surface area contributed by atoms with E-state index in [1.54, 1.807) is 24.0 Å². The number of hydrogen-bond donors (Lipinski definition) is 0. The van der Waals surface area contributed by atoms with E-state index in [0.717, 1.165) is 22.3 Å². The SMILES string of the molecule is C=CCOC(=O)C1=C(C)N(Cc2ccccc2C#N)C(=O)CC1c1ccc(C)cc1C. The molecule has 1 aliphatic rings. The number of allylic oxidation sites excluding steroid dienone is 1. The number of amides is 1. The summed E-state index contributed by atoms with van der Waals surface area (Å²) in [7, 11) is 0. The van der Waals surface area contributed by atoms with Crippen molar-refractivity contribution in [3.8, 4) is 6.07 Å². The Labute approximate surface area is 183 Å². The summed E-state index contributed by atoms with van der Waals surface area (Å²) in [5.41, 5.74) is 5.38. The van der Waals surface area contributed by atoms with Crippen molar-refractivity contribution in [2.24, 2.45) is 0 Å². The molecule has 1 heterocycles. The molecule has 0 aliphatic carbocycles. The van der Waals surface area contributed by atoms with Crippen molar-refractivity contribution in [1.29, 1.82) is 5.26 Å². The third kappa shape index (κ3) is 4.59. The largest absolute Gasteiger partial charge is 0.458 e. The van der Waals surface area contributed by atoms with Gasteiger partial charge in [0.1, 0.15) is 6.61 Å². The smallest absolute Gasteiger partial charge is 0.336 e. The van der Waals surface area contributed by atoms with Crippen LogP contribution in [0.3, 0.4) is 0 Å². The van der Waals surface area contributed by atoms with E-state index in [2.05, 4.69) is 18.7 Å². The summed E-state index contributed by atoms with van der Waals surface area (Å²) in [6.07, 6.45) is 1.68. The zero-order chi connectivity index (χ0) is 22.5. The number of ether oxygens (including phenoxy) is 1. The molecule has 5 heteroatoms. The first-order chi connectivity index (χ1) is 14.9. The molecule has 0 N–H and O–H groups in total. The average molecular weight is 415 g/mol. The lowest BCUT2D eigenvalue weighted by molar-refractivity contribution is -0.139. The first-order valence-electron chi connectivity index (χ1n) is 10.2. The number of carbonyl (C=O) groups excluding carboxylic acids is 2. The highest BCUT2D eigenvalue weighted by Gasteiger charge is 2.37. The van der Waals surface area contributed by atoms with E-state index < -0.39 is 5.97 Å². The number of aryl methyl sites for hydroxylation is 2. The summed E-state index contributed by atoms with van der Waals surface area (Å²) in [5.74, 6) is -0.920. The number of esters is 1. The molecule has 158 valence electrons. The van der Waals surface area contributed by atoms with Crippen molar-refractivity contribution < 1.29 is 14.3 Å². The van der Waals surface area contributed by atoms with Gasteiger partial charge < -0.3 is 9.64 Å². The van der Waals surface area contributed by atoms with E-state index in [-0.39, 0.29) is 31.4 Å². The first-order valence-corrected chi connectivity index (χ1v) is 10.2. The third-order valence-corrected chi connectivity index (χ3v) is 5.64. The highest BCUT2D eigenvalue weighted by molar-refractivity contribution is 5.96. The molecule has 0 spiro atoms. The maximum atomic E-state index is 13.2. The van der Waals surface area contributed by atoms with Gasteiger partial charge in [0, 0.05) is 18.0 Å². The van der Waals surface area contributed by atoms with Gasteiger partial charge in [0.15, 0.2) is 0 Å². The molecule has 31 heavy (non-hydrogen) atoms. The fourth-order valence-corrected chi connectivity index (χ4v) is 4.10. The molecule has 0 radical (unpaired) electrons. The molecule has 3 rings (SSSR count). The molecule has 2 aromatic rings. The van der Waals surface area contributed by atoms with E-state index in [0.29, 0.717) is 16.8 Å². The van der Waals surface area contributed by atoms with Gasteiger partial charge in [-0.25, -0.2) is 4.79 Å². The molecule has 1 amide bonds. The van der Waals surface area contributed by atoms with Crippen LogP contribution in [0.4, 0.5) is 0 Å². The van der Waals surface area contributed by atoms with Gasteiger partial charge in [-0.2, -0.15) is 5.26 Å². The van der Waals surface area contributed by atoms with Gasteiger partial charge in [-0.1, -0.05) is 54.6 Å². The van der Waals surface area contributed by atoms with Gasteiger partial charge in [-0.3, -0.25) is 4.79 Å². The Bertz CT molecular complexity index is 1110. The molecule has 0 fully saturated rings. The predicted octanol–water partition coefficient (Wildman–Crippen LogP) is 4.69. The van der Waals surface area contributed by atoms with E-state index in [1.165, 1.54) is 6.08 Å². The van der Waals surface area contributed by atoms with Gasteiger partial charge in [0.2, 0.25) is 5.91 Å². The van der Waals surface area contributed by atoms with Gasteiger partial charge in [-0.05, 0) is 43.5 Å². The lowest BCUT2D eigenvalue weighted by Gasteiger charge is -2.35. The first kappa shape index (κ1) is 22.0. The normalized spacial score (nSPS) is 16.1. The minimum atomic E-state index is -0.451. The second kappa shape index (κ2) is 9.44. The van der Waals surface area contributed by atoms with Crippen molar-refractivity contribution in [3.05, 3.63) is 94.2 Å². The quantitative estimate of drug-likeness (QED) is 0.508. The number of nitriles is 1. The summed E-state index contributed by atoms with van der Waals surface area (Å²) in [6.45, 7) is 9.71. The molecule has 0 saturated heterocycles. The van der Waals surface area contributed by atoms with E-state index >= 15 is 0 Å². The van der Waals surface area contributed by atoms with Crippen molar-refractivity contribution in [1.82, 2.24) is 4.90 Å². The van der Waals surface area contributed by atoms with Crippen LogP contribution in [0.1, 0.15) is 47.1 Å². The Hall–Kier alpha value is -3.65. The third-order valence-electron chi connectivity index (χ3n) is 5.64. The minimum Gasteiger partial charge on any atom is -0.458 e. The number of benzene rings is 2. The van der Waals surface area contributed by atoms with Crippen molar-refractivity contribution in [3.63, 3.8) is 0 Å². The fraction of sp³-hybridized carbons (Fsp3) is 0.269. The maximum absolute atomic E-state index is 13.2. The monoisotopic (exact) mass is 414 g/mol. The second-order valence-corrected chi connectivity index (χ2v) is 7.75. The molecule has 0 bridgehead atoms. The van der Waals surface area contributed by atoms with Crippen LogP contribution in [-0.2, 0) is 20.9 Å². The standard InChI is InChI=1S/C26H26N2O3/c1-5-12-31-26(30)25-19(4)28(16-21-9-7-6-8-20(21)15-27)24(29)14-23(25)22-11-10-17(2)13-18(22)3/h5-11,13,23H,1,12,14,16H2,2-4H3. The molecular formula is C26H26N2O3. The zero-order valence-electron chi connectivity index (χ0n) is 18.1. The predicted molar refractivity (Wildman–Crippen MR) is 119 cm³/mol. The van der Waals surface area contributed by atoms with Gasteiger partial charge in [-0.15, -0.1) is 0 Å². The Balaban J connectivity index is 2.09. The van der Waals surface area contributed by atoms with Crippen molar-refractivity contribution in [2.75, 3.05) is 6.61 Å². The van der Waals surface area contributed by atoms with Crippen LogP contribution in [-0.4, -0.2) is 23.4 Å². The summed E-state index contributed by atoms with van der Waals surface area (Å²) in [4.78, 5) is 27.8. The van der Waals surface area contributed by atoms with Crippen LogP contribution in [0.25, 0.3) is 0 Å². The van der Waals surface area contributed by atoms with Crippen LogP contribution in [0.15, 0.2) is 66.4 Å². The van der Waals surface area contributed by atoms with E-state index in [9.17, 15) is 14.9 Å². The van der Waals surface area contributed by atoms with Crippen molar-refractivity contribution >= 4 is 11.9 Å². The Morgan fingerprint density at radius 2 is 2.00 bits per heavy atom. The molecule has 1 unspecified atom stereocenters. The number of carbonyl (C=O) groups is 2. The lowest BCUT2D eigenvalue weighted by atomic mass is 9.81. The Kier molecular flexibility index (Phi) is 6.71. The minimum absolute atomic E-state index is 0.0875. The summed E-state index contributed by atoms with van der Waals surface area (Å²) >= 11 is 0.